The van der Waals surface area contributed by atoms with Crippen LogP contribution in [0.4, 0.5) is 4.79 Å². The van der Waals surface area contributed by atoms with Crippen molar-refractivity contribution >= 4 is 22.0 Å². The van der Waals surface area contributed by atoms with Gasteiger partial charge in [0.25, 0.3) is 0 Å². The van der Waals surface area contributed by atoms with Crippen molar-refractivity contribution < 1.29 is 9.53 Å². The summed E-state index contributed by atoms with van der Waals surface area (Å²) in [5, 5.41) is 0. The minimum Gasteiger partial charge on any atom is -0.444 e. The van der Waals surface area contributed by atoms with E-state index in [-0.39, 0.29) is 11.6 Å². The highest BCUT2D eigenvalue weighted by Gasteiger charge is 2.45. The predicted molar refractivity (Wildman–Crippen MR) is 93.5 cm³/mol. The second-order valence-corrected chi connectivity index (χ2v) is 8.43. The Morgan fingerprint density at radius 1 is 1.17 bits per heavy atom. The van der Waals surface area contributed by atoms with Gasteiger partial charge in [0.2, 0.25) is 0 Å². The topological polar surface area (TPSA) is 37.7 Å². The Bertz CT molecular complexity index is 597. The van der Waals surface area contributed by atoms with Crippen LogP contribution in [0.25, 0.3) is 0 Å². The van der Waals surface area contributed by atoms with Gasteiger partial charge in [-0.25, -0.2) is 4.79 Å². The molecule has 3 rings (SSSR count). The summed E-state index contributed by atoms with van der Waals surface area (Å²) in [4.78, 5) is 16.6. The van der Waals surface area contributed by atoms with Crippen molar-refractivity contribution in [2.45, 2.75) is 51.3 Å². The van der Waals surface area contributed by atoms with Gasteiger partial charge in [0.1, 0.15) is 5.60 Å². The molecule has 0 atom stereocenters. The van der Waals surface area contributed by atoms with Crippen molar-refractivity contribution in [2.75, 3.05) is 26.7 Å². The number of nitrogens with zero attached hydrogens (tertiary/aromatic N) is 3. The van der Waals surface area contributed by atoms with Crippen LogP contribution in [0.1, 0.15) is 39.3 Å². The molecule has 1 spiro atoms. The first kappa shape index (κ1) is 16.8. The molecule has 23 heavy (non-hydrogen) atoms. The molecule has 5 nitrogen and oxygen atoms in total. The highest BCUT2D eigenvalue weighted by Crippen LogP contribution is 2.42. The first-order valence-corrected chi connectivity index (χ1v) is 9.07. The monoisotopic (exact) mass is 383 g/mol. The number of carbonyl (C=O) groups is 1. The van der Waals surface area contributed by atoms with Gasteiger partial charge in [0.15, 0.2) is 0 Å². The maximum absolute atomic E-state index is 12.3. The lowest BCUT2D eigenvalue weighted by Crippen LogP contribution is -2.57. The van der Waals surface area contributed by atoms with Crippen molar-refractivity contribution in [2.24, 2.45) is 0 Å². The molecule has 6 heteroatoms. The van der Waals surface area contributed by atoms with Crippen LogP contribution in [0.3, 0.4) is 0 Å². The molecule has 1 aromatic rings. The molecular weight excluding hydrogens is 358 g/mol. The number of halogens is 1. The highest BCUT2D eigenvalue weighted by molar-refractivity contribution is 9.10. The van der Waals surface area contributed by atoms with Crippen LogP contribution in [0.15, 0.2) is 16.7 Å². The first-order chi connectivity index (χ1) is 10.7. The number of hydrogen-bond donors (Lipinski definition) is 0. The maximum Gasteiger partial charge on any atom is 0.410 e. The van der Waals surface area contributed by atoms with Crippen molar-refractivity contribution in [1.29, 1.82) is 0 Å². The number of rotatable bonds is 0. The first-order valence-electron chi connectivity index (χ1n) is 8.28. The van der Waals surface area contributed by atoms with E-state index in [2.05, 4.69) is 44.6 Å². The molecule has 0 saturated carbocycles. The Hall–Kier alpha value is -1.01. The summed E-state index contributed by atoms with van der Waals surface area (Å²) < 4.78 is 9.03. The average molecular weight is 384 g/mol. The molecule has 128 valence electrons. The summed E-state index contributed by atoms with van der Waals surface area (Å²) >= 11 is 3.65. The van der Waals surface area contributed by atoms with Crippen LogP contribution in [0.2, 0.25) is 0 Å². The van der Waals surface area contributed by atoms with Gasteiger partial charge in [0.05, 0.1) is 10.1 Å². The molecule has 1 fully saturated rings. The summed E-state index contributed by atoms with van der Waals surface area (Å²) in [7, 11) is 2.20. The summed E-state index contributed by atoms with van der Waals surface area (Å²) in [6.45, 7) is 9.26. The van der Waals surface area contributed by atoms with Crippen molar-refractivity contribution in [1.82, 2.24) is 14.4 Å². The fraction of sp³-hybridized carbons (Fsp3) is 0.706. The van der Waals surface area contributed by atoms with E-state index in [1.807, 2.05) is 25.7 Å². The van der Waals surface area contributed by atoms with Gasteiger partial charge in [-0.3, -0.25) is 4.90 Å². The average Bonchev–Trinajstić information content (AvgIpc) is 2.84. The third kappa shape index (κ3) is 3.03. The molecule has 0 radical (unpaired) electrons. The van der Waals surface area contributed by atoms with E-state index in [9.17, 15) is 4.79 Å². The zero-order valence-corrected chi connectivity index (χ0v) is 16.0. The molecule has 2 aliphatic rings. The fourth-order valence-electron chi connectivity index (χ4n) is 3.76. The Kier molecular flexibility index (Phi) is 4.25. The third-order valence-electron chi connectivity index (χ3n) is 5.04. The SMILES string of the molecule is CN1CCn2c(Br)ccc2C12CCN(C(=O)OC(C)(C)C)CC2. The smallest absolute Gasteiger partial charge is 0.410 e. The van der Waals surface area contributed by atoms with E-state index in [0.717, 1.165) is 43.6 Å². The van der Waals surface area contributed by atoms with E-state index in [4.69, 9.17) is 4.74 Å². The van der Waals surface area contributed by atoms with Gasteiger partial charge < -0.3 is 14.2 Å². The summed E-state index contributed by atoms with van der Waals surface area (Å²) in [6, 6.07) is 4.36. The van der Waals surface area contributed by atoms with Crippen molar-refractivity contribution in [3.05, 3.63) is 22.4 Å². The summed E-state index contributed by atoms with van der Waals surface area (Å²) in [5.74, 6) is 0. The number of amides is 1. The van der Waals surface area contributed by atoms with E-state index < -0.39 is 5.60 Å². The van der Waals surface area contributed by atoms with Crippen molar-refractivity contribution in [3.8, 4) is 0 Å². The van der Waals surface area contributed by atoms with Gasteiger partial charge in [-0.15, -0.1) is 0 Å². The molecule has 2 aliphatic heterocycles. The number of hydrogen-bond acceptors (Lipinski definition) is 3. The number of carbonyl (C=O) groups excluding carboxylic acids is 1. The zero-order chi connectivity index (χ0) is 16.8. The molecule has 0 N–H and O–H groups in total. The highest BCUT2D eigenvalue weighted by atomic mass is 79.9. The fourth-order valence-corrected chi connectivity index (χ4v) is 4.26. The molecular formula is C17H26BrN3O2. The number of piperidine rings is 1. The van der Waals surface area contributed by atoms with E-state index >= 15 is 0 Å². The molecule has 0 aliphatic carbocycles. The van der Waals surface area contributed by atoms with Gasteiger partial charge in [-0.1, -0.05) is 0 Å². The van der Waals surface area contributed by atoms with Gasteiger partial charge in [-0.05, 0) is 68.7 Å². The van der Waals surface area contributed by atoms with E-state index in [1.54, 1.807) is 0 Å². The van der Waals surface area contributed by atoms with Crippen LogP contribution in [0, 0.1) is 0 Å². The lowest BCUT2D eigenvalue weighted by molar-refractivity contribution is -0.0119. The van der Waals surface area contributed by atoms with Gasteiger partial charge >= 0.3 is 6.09 Å². The molecule has 0 aromatic carbocycles. The Morgan fingerprint density at radius 2 is 1.83 bits per heavy atom. The predicted octanol–water partition coefficient (Wildman–Crippen LogP) is 3.42. The van der Waals surface area contributed by atoms with Crippen LogP contribution in [-0.4, -0.2) is 52.7 Å². The van der Waals surface area contributed by atoms with E-state index in [1.165, 1.54) is 5.69 Å². The molecule has 1 saturated heterocycles. The van der Waals surface area contributed by atoms with Gasteiger partial charge in [0, 0.05) is 31.9 Å². The van der Waals surface area contributed by atoms with Crippen LogP contribution in [0.5, 0.6) is 0 Å². The normalized spacial score (nSPS) is 21.3. The standard InChI is InChI=1S/C17H26BrN3O2/c1-16(2,3)23-15(22)20-9-7-17(8-10-20)13-5-6-14(18)21(13)12-11-19(17)4/h5-6H,7-12H2,1-4H3. The Balaban J connectivity index is 1.76. The lowest BCUT2D eigenvalue weighted by atomic mass is 9.81. The van der Waals surface area contributed by atoms with Crippen LogP contribution in [-0.2, 0) is 16.8 Å². The minimum absolute atomic E-state index is 0.0305. The number of aromatic nitrogens is 1. The zero-order valence-electron chi connectivity index (χ0n) is 14.4. The molecule has 0 unspecified atom stereocenters. The Labute approximate surface area is 146 Å². The number of likely N-dealkylation sites (tertiary alicyclic amines) is 1. The van der Waals surface area contributed by atoms with E-state index in [0.29, 0.717) is 0 Å². The summed E-state index contributed by atoms with van der Waals surface area (Å²) in [6.07, 6.45) is 1.70. The number of fused-ring (bicyclic) bond motifs is 2. The quantitative estimate of drug-likeness (QED) is 0.688. The van der Waals surface area contributed by atoms with Crippen LogP contribution < -0.4 is 0 Å². The lowest BCUT2D eigenvalue weighted by Gasteiger charge is -2.50. The van der Waals surface area contributed by atoms with Gasteiger partial charge in [-0.2, -0.15) is 0 Å². The minimum atomic E-state index is -0.437. The number of ether oxygens (including phenoxy) is 1. The Morgan fingerprint density at radius 3 is 2.43 bits per heavy atom. The summed E-state index contributed by atoms with van der Waals surface area (Å²) in [5.41, 5.74) is 0.956. The van der Waals surface area contributed by atoms with Crippen LogP contribution >= 0.6 is 15.9 Å². The third-order valence-corrected chi connectivity index (χ3v) is 5.73. The molecule has 1 aromatic heterocycles. The largest absolute Gasteiger partial charge is 0.444 e. The maximum atomic E-state index is 12.3. The molecule has 3 heterocycles. The second-order valence-electron chi connectivity index (χ2n) is 7.61. The number of likely N-dealkylation sites (N-methyl/N-ethyl adjacent to an activating group) is 1. The van der Waals surface area contributed by atoms with Crippen molar-refractivity contribution in [3.63, 3.8) is 0 Å². The molecule has 1 amide bonds. The second kappa shape index (κ2) is 5.81. The molecule has 0 bridgehead atoms.